The zero-order valence-corrected chi connectivity index (χ0v) is 17.4. The van der Waals surface area contributed by atoms with E-state index in [0.29, 0.717) is 5.95 Å². The van der Waals surface area contributed by atoms with Gasteiger partial charge in [0.15, 0.2) is 0 Å². The first kappa shape index (κ1) is 18.8. The minimum atomic E-state index is 0. The molecule has 3 rings (SSSR count). The van der Waals surface area contributed by atoms with E-state index in [2.05, 4.69) is 69.7 Å². The summed E-state index contributed by atoms with van der Waals surface area (Å²) in [6.45, 7) is 8.03. The summed E-state index contributed by atoms with van der Waals surface area (Å²) in [5, 5.41) is 5.90. The van der Waals surface area contributed by atoms with Crippen LogP contribution in [0.3, 0.4) is 0 Å². The Kier molecular flexibility index (Phi) is 6.30. The number of nitrogens with one attached hydrogen (secondary N) is 1. The topological polar surface area (TPSA) is 50.7 Å². The summed E-state index contributed by atoms with van der Waals surface area (Å²) < 4.78 is 0. The number of rotatable bonds is 4. The maximum absolute atomic E-state index is 4.51. The Morgan fingerprint density at radius 1 is 0.958 bits per heavy atom. The van der Waals surface area contributed by atoms with Crippen molar-refractivity contribution < 1.29 is 32.7 Å². The number of nitrogens with zero attached hydrogens (tertiary/aromatic N) is 3. The van der Waals surface area contributed by atoms with Crippen LogP contribution < -0.4 is 5.32 Å². The third-order valence-electron chi connectivity index (χ3n) is 3.83. The van der Waals surface area contributed by atoms with E-state index in [1.54, 1.807) is 0 Å². The number of anilines is 1. The predicted molar refractivity (Wildman–Crippen MR) is 94.2 cm³/mol. The number of aromatic nitrogens is 3. The third-order valence-corrected chi connectivity index (χ3v) is 3.83. The van der Waals surface area contributed by atoms with E-state index >= 15 is 0 Å². The van der Waals surface area contributed by atoms with E-state index in [4.69, 9.17) is 0 Å². The van der Waals surface area contributed by atoms with Crippen LogP contribution in [-0.2, 0) is 32.7 Å². The van der Waals surface area contributed by atoms with Crippen LogP contribution in [-0.4, -0.2) is 15.0 Å². The molecule has 24 heavy (non-hydrogen) atoms. The van der Waals surface area contributed by atoms with E-state index in [1.807, 2.05) is 20.8 Å². The fourth-order valence-corrected chi connectivity index (χ4v) is 2.67. The molecule has 1 N–H and O–H groups in total. The molecule has 0 aliphatic carbocycles. The Balaban J connectivity index is 0.00000208. The Labute approximate surface area is 168 Å². The molecule has 0 amide bonds. The van der Waals surface area contributed by atoms with Gasteiger partial charge in [0.05, 0.1) is 6.04 Å². The number of aryl methyl sites for hydroxylation is 1. The third kappa shape index (κ3) is 4.11. The van der Waals surface area contributed by atoms with Gasteiger partial charge < -0.3 is 11.2 Å². The van der Waals surface area contributed by atoms with Crippen LogP contribution in [0.15, 0.2) is 42.5 Å². The second kappa shape index (κ2) is 8.04. The van der Waals surface area contributed by atoms with Gasteiger partial charge in [0, 0.05) is 38.5 Å². The van der Waals surface area contributed by atoms with Gasteiger partial charge in [-0.1, -0.05) is 42.5 Å². The van der Waals surface area contributed by atoms with Crippen LogP contribution in [0, 0.1) is 12.8 Å². The molecule has 1 unspecified atom stereocenters. The molecule has 0 saturated heterocycles. The maximum Gasteiger partial charge on any atom is 0.224 e. The van der Waals surface area contributed by atoms with Gasteiger partial charge >= 0.3 is 0 Å². The van der Waals surface area contributed by atoms with Gasteiger partial charge in [-0.2, -0.15) is 18.8 Å². The summed E-state index contributed by atoms with van der Waals surface area (Å²) in [6.07, 6.45) is 0. The Morgan fingerprint density at radius 3 is 2.42 bits per heavy atom. The SMILES string of the molecule is Cc1nc(NC(C)c2cccc3ccccc23)nc([C-](C)C)n1.[Y]. The van der Waals surface area contributed by atoms with Crippen molar-refractivity contribution in [3.63, 3.8) is 0 Å². The summed E-state index contributed by atoms with van der Waals surface area (Å²) >= 11 is 0. The van der Waals surface area contributed by atoms with E-state index in [9.17, 15) is 0 Å². The summed E-state index contributed by atoms with van der Waals surface area (Å²) in [4.78, 5) is 13.3. The predicted octanol–water partition coefficient (Wildman–Crippen LogP) is 4.47. The Morgan fingerprint density at radius 2 is 1.67 bits per heavy atom. The molecular formula is C19H21N4Y-. The van der Waals surface area contributed by atoms with Gasteiger partial charge in [0.2, 0.25) is 5.95 Å². The zero-order chi connectivity index (χ0) is 16.4. The van der Waals surface area contributed by atoms with Gasteiger partial charge in [0.25, 0.3) is 0 Å². The van der Waals surface area contributed by atoms with E-state index in [-0.39, 0.29) is 38.8 Å². The molecule has 0 fully saturated rings. The Bertz CT molecular complexity index is 827. The summed E-state index contributed by atoms with van der Waals surface area (Å²) in [5.74, 6) is 3.17. The first-order valence-corrected chi connectivity index (χ1v) is 7.82. The van der Waals surface area contributed by atoms with Crippen LogP contribution in [0.5, 0.6) is 0 Å². The summed E-state index contributed by atoms with van der Waals surface area (Å²) in [7, 11) is 0. The van der Waals surface area contributed by atoms with Gasteiger partial charge in [-0.25, -0.2) is 4.98 Å². The fourth-order valence-electron chi connectivity index (χ4n) is 2.67. The molecule has 4 nitrogen and oxygen atoms in total. The van der Waals surface area contributed by atoms with Crippen LogP contribution in [0.25, 0.3) is 10.8 Å². The maximum atomic E-state index is 4.51. The number of benzene rings is 2. The zero-order valence-electron chi connectivity index (χ0n) is 14.5. The van der Waals surface area contributed by atoms with Crippen molar-refractivity contribution in [2.45, 2.75) is 33.7 Å². The summed E-state index contributed by atoms with van der Waals surface area (Å²) in [6, 6.07) is 14.9. The quantitative estimate of drug-likeness (QED) is 0.664. The second-order valence-corrected chi connectivity index (χ2v) is 5.96. The Hall–Kier alpha value is -1.52. The van der Waals surface area contributed by atoms with Gasteiger partial charge in [-0.3, -0.25) is 4.98 Å². The second-order valence-electron chi connectivity index (χ2n) is 5.96. The van der Waals surface area contributed by atoms with Crippen LogP contribution in [0.2, 0.25) is 0 Å². The fraction of sp³-hybridized carbons (Fsp3) is 0.263. The van der Waals surface area contributed by atoms with Crippen molar-refractivity contribution in [3.05, 3.63) is 65.6 Å². The van der Waals surface area contributed by atoms with Gasteiger partial charge in [0.1, 0.15) is 5.82 Å². The minimum absolute atomic E-state index is 0. The average molecular weight is 394 g/mol. The normalized spacial score (nSPS) is 11.7. The largest absolute Gasteiger partial charge is 0.348 e. The molecule has 1 atom stereocenters. The molecule has 0 aliphatic heterocycles. The molecule has 2 aromatic carbocycles. The molecule has 5 heteroatoms. The smallest absolute Gasteiger partial charge is 0.224 e. The van der Waals surface area contributed by atoms with Crippen molar-refractivity contribution in [1.29, 1.82) is 0 Å². The van der Waals surface area contributed by atoms with Crippen molar-refractivity contribution in [1.82, 2.24) is 15.0 Å². The summed E-state index contributed by atoms with van der Waals surface area (Å²) in [5.41, 5.74) is 1.24. The first-order valence-electron chi connectivity index (χ1n) is 7.82. The van der Waals surface area contributed by atoms with Crippen LogP contribution >= 0.6 is 0 Å². The molecule has 121 valence electrons. The van der Waals surface area contributed by atoms with E-state index in [0.717, 1.165) is 17.6 Å². The van der Waals surface area contributed by atoms with Gasteiger partial charge in [-0.15, -0.1) is 0 Å². The standard InChI is InChI=1S/C19H21N4.Y/c1-12(2)18-21-14(4)22-19(23-18)20-13(3)16-11-7-9-15-8-5-6-10-17(15)16;/h5-11,13H,1-4H3,(H,20,21,22,23);/q-1;. The van der Waals surface area contributed by atoms with Gasteiger partial charge in [-0.05, 0) is 30.2 Å². The van der Waals surface area contributed by atoms with Crippen molar-refractivity contribution in [2.24, 2.45) is 0 Å². The van der Waals surface area contributed by atoms with E-state index < -0.39 is 0 Å². The molecule has 0 spiro atoms. The molecule has 0 bridgehead atoms. The molecule has 0 aliphatic rings. The van der Waals surface area contributed by atoms with Crippen LogP contribution in [0.4, 0.5) is 5.95 Å². The van der Waals surface area contributed by atoms with Crippen LogP contribution in [0.1, 0.15) is 44.0 Å². The molecule has 3 aromatic rings. The average Bonchev–Trinajstić information content (AvgIpc) is 2.53. The number of hydrogen-bond donors (Lipinski definition) is 1. The minimum Gasteiger partial charge on any atom is -0.348 e. The van der Waals surface area contributed by atoms with E-state index in [1.165, 1.54) is 16.3 Å². The van der Waals surface area contributed by atoms with Crippen molar-refractivity contribution in [2.75, 3.05) is 5.32 Å². The molecule has 1 aromatic heterocycles. The number of fused-ring (bicyclic) bond motifs is 1. The first-order chi connectivity index (χ1) is 11.0. The number of hydrogen-bond acceptors (Lipinski definition) is 4. The van der Waals surface area contributed by atoms with Crippen molar-refractivity contribution in [3.8, 4) is 0 Å². The molecule has 0 saturated carbocycles. The van der Waals surface area contributed by atoms with Crippen molar-refractivity contribution >= 4 is 16.7 Å². The molecular weight excluding hydrogens is 373 g/mol. The molecule has 1 heterocycles. The monoisotopic (exact) mass is 394 g/mol. The molecule has 1 radical (unpaired) electrons.